The fraction of sp³-hybridized carbons (Fsp3) is 0.855. The molecule has 0 aromatic carbocycles. The van der Waals surface area contributed by atoms with Gasteiger partial charge < -0.3 is 20.3 Å². The molecule has 1 amide bonds. The van der Waals surface area contributed by atoms with Crippen LogP contribution in [-0.4, -0.2) is 47.4 Å². The number of unbranched alkanes of at least 4 members (excludes halogenated alkanes) is 45. The Labute approximate surface area is 467 Å². The molecular weight excluding hydrogens is 923 g/mol. The molecule has 0 saturated heterocycles. The third-order valence-corrected chi connectivity index (χ3v) is 15.3. The van der Waals surface area contributed by atoms with Crippen molar-refractivity contribution < 1.29 is 24.5 Å². The monoisotopic (exact) mass is 1050 g/mol. The first-order chi connectivity index (χ1) is 37.0. The first-order valence-corrected chi connectivity index (χ1v) is 33.4. The lowest BCUT2D eigenvalue weighted by Crippen LogP contribution is -2.45. The third kappa shape index (κ3) is 60.9. The van der Waals surface area contributed by atoms with Crippen LogP contribution in [0.1, 0.15) is 354 Å². The van der Waals surface area contributed by atoms with Gasteiger partial charge in [0.25, 0.3) is 0 Å². The van der Waals surface area contributed by atoms with Gasteiger partial charge in [-0.1, -0.05) is 300 Å². The molecular formula is C69H129NO5. The number of carbonyl (C=O) groups excluding carboxylic acids is 2. The van der Waals surface area contributed by atoms with E-state index in [0.29, 0.717) is 19.4 Å². The van der Waals surface area contributed by atoms with Gasteiger partial charge in [-0.3, -0.25) is 9.59 Å². The largest absolute Gasteiger partial charge is 0.466 e. The van der Waals surface area contributed by atoms with Crippen LogP contribution in [0, 0.1) is 0 Å². The van der Waals surface area contributed by atoms with E-state index >= 15 is 0 Å². The van der Waals surface area contributed by atoms with Crippen molar-refractivity contribution in [2.75, 3.05) is 13.2 Å². The van der Waals surface area contributed by atoms with Gasteiger partial charge in [-0.2, -0.15) is 0 Å². The Morgan fingerprint density at radius 1 is 0.373 bits per heavy atom. The molecule has 75 heavy (non-hydrogen) atoms. The quantitative estimate of drug-likeness (QED) is 0.0320. The number of hydrogen-bond acceptors (Lipinski definition) is 5. The van der Waals surface area contributed by atoms with Gasteiger partial charge in [-0.25, -0.2) is 0 Å². The number of aliphatic hydroxyl groups excluding tert-OH is 2. The summed E-state index contributed by atoms with van der Waals surface area (Å²) in [6.07, 6.45) is 83.0. The van der Waals surface area contributed by atoms with Crippen LogP contribution >= 0.6 is 0 Å². The van der Waals surface area contributed by atoms with Crippen molar-refractivity contribution in [3.63, 3.8) is 0 Å². The van der Waals surface area contributed by atoms with Gasteiger partial charge in [0.15, 0.2) is 0 Å². The molecule has 0 bridgehead atoms. The van der Waals surface area contributed by atoms with E-state index in [0.717, 1.165) is 57.8 Å². The average Bonchev–Trinajstić information content (AvgIpc) is 3.41. The number of rotatable bonds is 62. The van der Waals surface area contributed by atoms with E-state index in [4.69, 9.17) is 4.74 Å². The van der Waals surface area contributed by atoms with Crippen molar-refractivity contribution in [1.29, 1.82) is 0 Å². The van der Waals surface area contributed by atoms with Crippen LogP contribution in [-0.2, 0) is 14.3 Å². The Morgan fingerprint density at radius 2 is 0.667 bits per heavy atom. The van der Waals surface area contributed by atoms with E-state index in [9.17, 15) is 19.8 Å². The number of carbonyl (C=O) groups is 2. The van der Waals surface area contributed by atoms with E-state index in [2.05, 4.69) is 55.6 Å². The summed E-state index contributed by atoms with van der Waals surface area (Å²) in [7, 11) is 0. The second-order valence-corrected chi connectivity index (χ2v) is 22.8. The molecule has 3 N–H and O–H groups in total. The van der Waals surface area contributed by atoms with Crippen LogP contribution in [0.15, 0.2) is 48.6 Å². The molecule has 0 aromatic heterocycles. The number of aliphatic hydroxyl groups is 2. The van der Waals surface area contributed by atoms with Crippen LogP contribution in [0.2, 0.25) is 0 Å². The first kappa shape index (κ1) is 72.8. The number of esters is 1. The summed E-state index contributed by atoms with van der Waals surface area (Å²) in [5.74, 6) is -0.0700. The number of amides is 1. The Kier molecular flexibility index (Phi) is 62.5. The van der Waals surface area contributed by atoms with Crippen molar-refractivity contribution in [1.82, 2.24) is 5.32 Å². The van der Waals surface area contributed by atoms with Gasteiger partial charge in [-0.15, -0.1) is 0 Å². The first-order valence-electron chi connectivity index (χ1n) is 33.4. The highest BCUT2D eigenvalue weighted by molar-refractivity contribution is 5.76. The van der Waals surface area contributed by atoms with Crippen molar-refractivity contribution in [3.05, 3.63) is 48.6 Å². The molecule has 0 spiro atoms. The lowest BCUT2D eigenvalue weighted by Gasteiger charge is -2.20. The van der Waals surface area contributed by atoms with E-state index in [1.54, 1.807) is 6.08 Å². The Hall–Kier alpha value is -2.18. The number of nitrogens with one attached hydrogen (secondary N) is 1. The topological polar surface area (TPSA) is 95.9 Å². The molecule has 0 fully saturated rings. The molecule has 2 atom stereocenters. The molecule has 0 aliphatic carbocycles. The second kappa shape index (κ2) is 64.3. The van der Waals surface area contributed by atoms with Crippen molar-refractivity contribution in [2.45, 2.75) is 366 Å². The van der Waals surface area contributed by atoms with Gasteiger partial charge in [-0.05, 0) is 89.9 Å². The summed E-state index contributed by atoms with van der Waals surface area (Å²) in [4.78, 5) is 24.6. The molecule has 6 nitrogen and oxygen atoms in total. The van der Waals surface area contributed by atoms with Crippen molar-refractivity contribution in [2.24, 2.45) is 0 Å². The number of hydrogen-bond donors (Lipinski definition) is 3. The Balaban J connectivity index is 3.44. The molecule has 0 saturated carbocycles. The standard InChI is InChI=1S/C69H129NO5/c1-3-5-7-9-11-13-15-17-19-21-26-31-35-39-43-47-51-55-59-63-69(74)75-64-60-56-52-48-44-40-36-32-28-25-23-24-27-30-34-38-42-46-50-54-58-62-68(73)70-66(65-71)67(72)61-57-53-49-45-41-37-33-29-22-20-18-16-14-12-10-8-6-4-2/h11,13,17,19,24,27,57,61,66-67,71-72H,3-10,12,14-16,18,20-23,25-26,28-56,58-60,62-65H2,1-2H3,(H,70,73)/b13-11-,19-17-,27-24-,61-57+. The molecule has 0 aliphatic heterocycles. The van der Waals surface area contributed by atoms with E-state index in [1.807, 2.05) is 6.08 Å². The van der Waals surface area contributed by atoms with Gasteiger partial charge in [0.1, 0.15) is 0 Å². The van der Waals surface area contributed by atoms with Crippen molar-refractivity contribution >= 4 is 11.9 Å². The lowest BCUT2D eigenvalue weighted by atomic mass is 10.0. The Morgan fingerprint density at radius 3 is 1.05 bits per heavy atom. The zero-order chi connectivity index (χ0) is 54.3. The highest BCUT2D eigenvalue weighted by atomic mass is 16.5. The summed E-state index contributed by atoms with van der Waals surface area (Å²) in [5, 5.41) is 23.2. The third-order valence-electron chi connectivity index (χ3n) is 15.3. The molecule has 6 heteroatoms. The summed E-state index contributed by atoms with van der Waals surface area (Å²) in [5.41, 5.74) is 0. The predicted molar refractivity (Wildman–Crippen MR) is 329 cm³/mol. The minimum atomic E-state index is -0.851. The summed E-state index contributed by atoms with van der Waals surface area (Å²) in [6.45, 7) is 4.89. The molecule has 2 unspecified atom stereocenters. The van der Waals surface area contributed by atoms with Crippen LogP contribution in [0.4, 0.5) is 0 Å². The lowest BCUT2D eigenvalue weighted by molar-refractivity contribution is -0.143. The molecule has 0 heterocycles. The summed E-state index contributed by atoms with van der Waals surface area (Å²) < 4.78 is 5.50. The van der Waals surface area contributed by atoms with E-state index < -0.39 is 12.1 Å². The molecule has 0 aliphatic rings. The van der Waals surface area contributed by atoms with Gasteiger partial charge in [0.05, 0.1) is 25.4 Å². The van der Waals surface area contributed by atoms with Crippen LogP contribution < -0.4 is 5.32 Å². The predicted octanol–water partition coefficient (Wildman–Crippen LogP) is 21.3. The van der Waals surface area contributed by atoms with Gasteiger partial charge in [0.2, 0.25) is 5.91 Å². The maximum Gasteiger partial charge on any atom is 0.305 e. The average molecular weight is 1050 g/mol. The second-order valence-electron chi connectivity index (χ2n) is 22.8. The maximum absolute atomic E-state index is 12.5. The molecule has 440 valence electrons. The van der Waals surface area contributed by atoms with Gasteiger partial charge >= 0.3 is 5.97 Å². The zero-order valence-electron chi connectivity index (χ0n) is 50.3. The van der Waals surface area contributed by atoms with Crippen molar-refractivity contribution in [3.8, 4) is 0 Å². The number of allylic oxidation sites excluding steroid dienone is 7. The summed E-state index contributed by atoms with van der Waals surface area (Å²) in [6, 6.07) is -0.635. The van der Waals surface area contributed by atoms with Crippen LogP contribution in [0.3, 0.4) is 0 Å². The molecule has 0 rings (SSSR count). The van der Waals surface area contributed by atoms with Crippen LogP contribution in [0.25, 0.3) is 0 Å². The maximum atomic E-state index is 12.5. The summed E-state index contributed by atoms with van der Waals surface area (Å²) >= 11 is 0. The Bertz CT molecular complexity index is 1260. The minimum Gasteiger partial charge on any atom is -0.466 e. The highest BCUT2D eigenvalue weighted by Crippen LogP contribution is 2.17. The minimum absolute atomic E-state index is 0.00390. The molecule has 0 aromatic rings. The van der Waals surface area contributed by atoms with Crippen LogP contribution in [0.5, 0.6) is 0 Å². The SMILES string of the molecule is CCCCC/C=C\C/C=C\CCCCCCCCCCCC(=O)OCCCCCCCCCCCC/C=C\CCCCCCCCCC(=O)NC(CO)C(O)/C=C/CCCCCCCCCCCCCCCCCC. The highest BCUT2D eigenvalue weighted by Gasteiger charge is 2.18. The zero-order valence-corrected chi connectivity index (χ0v) is 50.3. The fourth-order valence-electron chi connectivity index (χ4n) is 10.2. The fourth-order valence-corrected chi connectivity index (χ4v) is 10.2. The number of ether oxygens (including phenoxy) is 1. The normalized spacial score (nSPS) is 12.9. The van der Waals surface area contributed by atoms with E-state index in [1.165, 1.54) is 270 Å². The smallest absolute Gasteiger partial charge is 0.305 e. The van der Waals surface area contributed by atoms with Gasteiger partial charge in [0, 0.05) is 12.8 Å². The molecule has 0 radical (unpaired) electrons. The van der Waals surface area contributed by atoms with E-state index in [-0.39, 0.29) is 18.5 Å².